The number of hydrogen-bond acceptors (Lipinski definition) is 5. The van der Waals surface area contributed by atoms with Gasteiger partial charge >= 0.3 is 0 Å². The highest BCUT2D eigenvalue weighted by atomic mass is 16.5. The van der Waals surface area contributed by atoms with Gasteiger partial charge in [-0.3, -0.25) is 4.79 Å². The van der Waals surface area contributed by atoms with E-state index in [0.29, 0.717) is 23.0 Å². The minimum Gasteiger partial charge on any atom is -0.490 e. The maximum atomic E-state index is 12.6. The number of anilines is 1. The molecule has 6 nitrogen and oxygen atoms in total. The van der Waals surface area contributed by atoms with E-state index in [1.807, 2.05) is 6.07 Å². The Morgan fingerprint density at radius 3 is 2.78 bits per heavy atom. The molecule has 1 saturated heterocycles. The molecule has 0 spiro atoms. The van der Waals surface area contributed by atoms with Crippen molar-refractivity contribution < 1.29 is 4.74 Å². The Balaban J connectivity index is 1.62. The van der Waals surface area contributed by atoms with Gasteiger partial charge in [-0.1, -0.05) is 32.9 Å². The molecule has 0 bridgehead atoms. The quantitative estimate of drug-likeness (QED) is 0.591. The van der Waals surface area contributed by atoms with E-state index in [-0.39, 0.29) is 11.7 Å². The third kappa shape index (κ3) is 4.20. The van der Waals surface area contributed by atoms with Crippen LogP contribution in [0.3, 0.4) is 0 Å². The van der Waals surface area contributed by atoms with Crippen LogP contribution >= 0.6 is 0 Å². The molecule has 1 aromatic carbocycles. The first-order chi connectivity index (χ1) is 15.4. The van der Waals surface area contributed by atoms with Crippen LogP contribution in [0, 0.1) is 17.2 Å². The highest BCUT2D eigenvalue weighted by Gasteiger charge is 2.31. The Hall–Kier alpha value is -3.33. The highest BCUT2D eigenvalue weighted by Crippen LogP contribution is 2.32. The standard InChI is InChI=1S/C26H30N4O2/c1-5-18-16-30(12-11-24(18)32-21-8-6-7-19(13-21)17(2)3)23-14-25(31)29(4)22-10-9-20(15-27)28-26(22)23/h6-10,13-14,17-18,24H,5,11-12,16H2,1-4H3/t18?,24-/m0/s1. The number of aryl methyl sites for hydroxylation is 1. The molecule has 3 heterocycles. The smallest absolute Gasteiger partial charge is 0.252 e. The Labute approximate surface area is 189 Å². The molecular formula is C26H30N4O2. The predicted molar refractivity (Wildman–Crippen MR) is 127 cm³/mol. The highest BCUT2D eigenvalue weighted by molar-refractivity contribution is 5.88. The summed E-state index contributed by atoms with van der Waals surface area (Å²) in [5.41, 5.74) is 3.80. The van der Waals surface area contributed by atoms with Gasteiger partial charge in [0.25, 0.3) is 5.56 Å². The van der Waals surface area contributed by atoms with Crippen molar-refractivity contribution in [3.63, 3.8) is 0 Å². The van der Waals surface area contributed by atoms with Crippen LogP contribution in [0.1, 0.15) is 50.8 Å². The Bertz CT molecular complexity index is 1220. The van der Waals surface area contributed by atoms with E-state index >= 15 is 0 Å². The zero-order chi connectivity index (χ0) is 22.8. The van der Waals surface area contributed by atoms with Crippen molar-refractivity contribution in [2.45, 2.75) is 45.6 Å². The van der Waals surface area contributed by atoms with E-state index < -0.39 is 0 Å². The third-order valence-corrected chi connectivity index (χ3v) is 6.52. The molecule has 32 heavy (non-hydrogen) atoms. The topological polar surface area (TPSA) is 71.2 Å². The first-order valence-corrected chi connectivity index (χ1v) is 11.3. The lowest BCUT2D eigenvalue weighted by molar-refractivity contribution is 0.109. The van der Waals surface area contributed by atoms with Crippen LogP contribution in [0.2, 0.25) is 0 Å². The Morgan fingerprint density at radius 1 is 1.25 bits per heavy atom. The number of rotatable bonds is 5. The van der Waals surface area contributed by atoms with Gasteiger partial charge in [0.05, 0.1) is 11.2 Å². The van der Waals surface area contributed by atoms with Crippen LogP contribution in [0.15, 0.2) is 47.3 Å². The fourth-order valence-corrected chi connectivity index (χ4v) is 4.51. The van der Waals surface area contributed by atoms with E-state index in [1.54, 1.807) is 29.8 Å². The van der Waals surface area contributed by atoms with Crippen molar-refractivity contribution in [3.8, 4) is 11.8 Å². The lowest BCUT2D eigenvalue weighted by Crippen LogP contribution is -2.46. The first kappa shape index (κ1) is 21.9. The summed E-state index contributed by atoms with van der Waals surface area (Å²) in [5.74, 6) is 1.71. The van der Waals surface area contributed by atoms with Gasteiger partial charge < -0.3 is 14.2 Å². The number of ether oxygens (including phenoxy) is 1. The maximum absolute atomic E-state index is 12.6. The Kier molecular flexibility index (Phi) is 6.18. The zero-order valence-electron chi connectivity index (χ0n) is 19.2. The monoisotopic (exact) mass is 430 g/mol. The molecule has 4 rings (SSSR count). The second-order valence-corrected chi connectivity index (χ2v) is 8.89. The number of aromatic nitrogens is 2. The summed E-state index contributed by atoms with van der Waals surface area (Å²) < 4.78 is 8.03. The minimum atomic E-state index is -0.0732. The Morgan fingerprint density at radius 2 is 2.06 bits per heavy atom. The maximum Gasteiger partial charge on any atom is 0.252 e. The van der Waals surface area contributed by atoms with Crippen LogP contribution in [-0.2, 0) is 7.05 Å². The molecule has 0 saturated carbocycles. The van der Waals surface area contributed by atoms with Gasteiger partial charge in [-0.15, -0.1) is 0 Å². The van der Waals surface area contributed by atoms with Crippen molar-refractivity contribution in [2.24, 2.45) is 13.0 Å². The van der Waals surface area contributed by atoms with Crippen LogP contribution in [-0.4, -0.2) is 28.7 Å². The van der Waals surface area contributed by atoms with E-state index in [9.17, 15) is 10.1 Å². The van der Waals surface area contributed by atoms with Gasteiger partial charge in [0.2, 0.25) is 0 Å². The van der Waals surface area contributed by atoms with Crippen LogP contribution in [0.25, 0.3) is 11.0 Å². The number of hydrogen-bond donors (Lipinski definition) is 0. The summed E-state index contributed by atoms with van der Waals surface area (Å²) in [6.45, 7) is 8.11. The number of benzene rings is 1. The molecule has 3 aromatic rings. The number of piperidine rings is 1. The molecule has 166 valence electrons. The van der Waals surface area contributed by atoms with Gasteiger partial charge in [-0.25, -0.2) is 4.98 Å². The first-order valence-electron chi connectivity index (χ1n) is 11.3. The zero-order valence-corrected chi connectivity index (χ0v) is 19.2. The fourth-order valence-electron chi connectivity index (χ4n) is 4.51. The van der Waals surface area contributed by atoms with E-state index in [1.165, 1.54) is 5.56 Å². The van der Waals surface area contributed by atoms with E-state index in [2.05, 4.69) is 54.9 Å². The molecule has 6 heteroatoms. The molecule has 0 N–H and O–H groups in total. The van der Waals surface area contributed by atoms with Gasteiger partial charge in [0.1, 0.15) is 29.1 Å². The number of pyridine rings is 2. The second-order valence-electron chi connectivity index (χ2n) is 8.89. The summed E-state index contributed by atoms with van der Waals surface area (Å²) >= 11 is 0. The molecule has 0 radical (unpaired) electrons. The average molecular weight is 431 g/mol. The van der Waals surface area contributed by atoms with Gasteiger partial charge in [-0.2, -0.15) is 5.26 Å². The number of nitriles is 1. The van der Waals surface area contributed by atoms with Crippen molar-refractivity contribution in [1.82, 2.24) is 9.55 Å². The fraction of sp³-hybridized carbons (Fsp3) is 0.423. The van der Waals surface area contributed by atoms with E-state index in [4.69, 9.17) is 4.74 Å². The lowest BCUT2D eigenvalue weighted by atomic mass is 9.91. The molecule has 2 aromatic heterocycles. The predicted octanol–water partition coefficient (Wildman–Crippen LogP) is 4.61. The van der Waals surface area contributed by atoms with Gasteiger partial charge in [0, 0.05) is 38.5 Å². The SMILES string of the molecule is CCC1CN(c2cc(=O)n(C)c3ccc(C#N)nc23)CC[C@@H]1Oc1cccc(C(C)C)c1. The molecule has 1 aliphatic rings. The molecule has 0 amide bonds. The van der Waals surface area contributed by atoms with Crippen molar-refractivity contribution in [1.29, 1.82) is 5.26 Å². The van der Waals surface area contributed by atoms with Crippen molar-refractivity contribution in [3.05, 3.63) is 64.1 Å². The van der Waals surface area contributed by atoms with Gasteiger partial charge in [-0.05, 0) is 42.2 Å². The molecule has 2 atom stereocenters. The number of fused-ring (bicyclic) bond motifs is 1. The molecule has 0 aliphatic carbocycles. The van der Waals surface area contributed by atoms with Crippen molar-refractivity contribution in [2.75, 3.05) is 18.0 Å². The van der Waals surface area contributed by atoms with E-state index in [0.717, 1.165) is 42.9 Å². The van der Waals surface area contributed by atoms with Crippen molar-refractivity contribution >= 4 is 16.7 Å². The molecular weight excluding hydrogens is 400 g/mol. The summed E-state index contributed by atoms with van der Waals surface area (Å²) in [4.78, 5) is 19.4. The minimum absolute atomic E-state index is 0.0732. The lowest BCUT2D eigenvalue weighted by Gasteiger charge is -2.39. The summed E-state index contributed by atoms with van der Waals surface area (Å²) in [6.07, 6.45) is 1.96. The molecule has 1 aliphatic heterocycles. The summed E-state index contributed by atoms with van der Waals surface area (Å²) in [5, 5.41) is 9.32. The molecule has 1 unspecified atom stereocenters. The van der Waals surface area contributed by atoms with Gasteiger partial charge in [0.15, 0.2) is 0 Å². The van der Waals surface area contributed by atoms with Crippen LogP contribution in [0.5, 0.6) is 5.75 Å². The number of nitrogens with zero attached hydrogens (tertiary/aromatic N) is 4. The second kappa shape index (κ2) is 9.04. The van der Waals surface area contributed by atoms with Crippen LogP contribution < -0.4 is 15.2 Å². The normalized spacial score (nSPS) is 18.7. The van der Waals surface area contributed by atoms with Crippen LogP contribution in [0.4, 0.5) is 5.69 Å². The average Bonchev–Trinajstić information content (AvgIpc) is 2.81. The summed E-state index contributed by atoms with van der Waals surface area (Å²) in [6, 6.07) is 15.6. The molecule has 1 fully saturated rings. The third-order valence-electron chi connectivity index (χ3n) is 6.52. The summed E-state index contributed by atoms with van der Waals surface area (Å²) in [7, 11) is 1.74. The largest absolute Gasteiger partial charge is 0.490 e.